The van der Waals surface area contributed by atoms with Crippen molar-refractivity contribution in [2.75, 3.05) is 0 Å². The van der Waals surface area contributed by atoms with Gasteiger partial charge < -0.3 is 10.4 Å². The highest BCUT2D eigenvalue weighted by Crippen LogP contribution is 2.26. The van der Waals surface area contributed by atoms with E-state index in [-0.39, 0.29) is 5.92 Å². The fourth-order valence-electron chi connectivity index (χ4n) is 3.11. The summed E-state index contributed by atoms with van der Waals surface area (Å²) in [6.45, 7) is 0.495. The van der Waals surface area contributed by atoms with Crippen molar-refractivity contribution >= 4 is 18.0 Å². The summed E-state index contributed by atoms with van der Waals surface area (Å²) < 4.78 is 0. The Bertz CT molecular complexity index is 577. The van der Waals surface area contributed by atoms with Crippen molar-refractivity contribution in [3.63, 3.8) is 0 Å². The minimum absolute atomic E-state index is 0.204. The molecule has 0 bridgehead atoms. The lowest BCUT2D eigenvalue weighted by Crippen LogP contribution is -2.43. The molecule has 1 saturated carbocycles. The van der Waals surface area contributed by atoms with Crippen LogP contribution in [0.5, 0.6) is 0 Å². The molecule has 1 amide bonds. The predicted octanol–water partition coefficient (Wildman–Crippen LogP) is 2.33. The van der Waals surface area contributed by atoms with Crippen molar-refractivity contribution < 1.29 is 19.9 Å². The molecule has 1 atom stereocenters. The molecular weight excluding hydrogens is 308 g/mol. The Hall–Kier alpha value is -2.18. The Kier molecular flexibility index (Phi) is 6.96. The van der Waals surface area contributed by atoms with E-state index in [1.54, 1.807) is 6.08 Å². The van der Waals surface area contributed by atoms with Crippen LogP contribution in [0.3, 0.4) is 0 Å². The van der Waals surface area contributed by atoms with Crippen LogP contribution in [-0.4, -0.2) is 28.2 Å². The second-order valence-corrected chi connectivity index (χ2v) is 6.15. The lowest BCUT2D eigenvalue weighted by molar-refractivity contribution is -0.141. The van der Waals surface area contributed by atoms with Crippen molar-refractivity contribution in [2.24, 2.45) is 5.92 Å². The predicted molar refractivity (Wildman–Crippen MR) is 90.2 cm³/mol. The number of carboxylic acids is 1. The minimum atomic E-state index is -0.781. The quantitative estimate of drug-likeness (QED) is 0.349. The van der Waals surface area contributed by atoms with Gasteiger partial charge in [0.2, 0.25) is 0 Å². The van der Waals surface area contributed by atoms with Gasteiger partial charge in [-0.05, 0) is 36.0 Å². The lowest BCUT2D eigenvalue weighted by atomic mass is 9.84. The third kappa shape index (κ3) is 5.47. The molecule has 24 heavy (non-hydrogen) atoms. The van der Waals surface area contributed by atoms with Gasteiger partial charge in [0.1, 0.15) is 6.04 Å². The van der Waals surface area contributed by atoms with Crippen LogP contribution in [0.1, 0.15) is 43.2 Å². The number of carbonyl (C=O) groups is 2. The number of amides is 1. The molecular formula is C18H24N2O4. The maximum atomic E-state index is 11.5. The first kappa shape index (κ1) is 18.2. The van der Waals surface area contributed by atoms with Crippen molar-refractivity contribution in [1.82, 2.24) is 10.8 Å². The highest BCUT2D eigenvalue weighted by Gasteiger charge is 2.28. The normalized spacial score (nSPS) is 16.9. The molecule has 0 saturated heterocycles. The first-order valence-electron chi connectivity index (χ1n) is 8.27. The fraction of sp³-hybridized carbons (Fsp3) is 0.444. The first-order chi connectivity index (χ1) is 11.6. The second-order valence-electron chi connectivity index (χ2n) is 6.15. The number of rotatable bonds is 7. The highest BCUT2D eigenvalue weighted by molar-refractivity contribution is 5.90. The monoisotopic (exact) mass is 332 g/mol. The van der Waals surface area contributed by atoms with Crippen molar-refractivity contribution in [2.45, 2.75) is 44.7 Å². The number of carbonyl (C=O) groups excluding carboxylic acids is 1. The van der Waals surface area contributed by atoms with Crippen LogP contribution >= 0.6 is 0 Å². The SMILES string of the molecule is O=C(C=Cc1ccc(CN[C@H](C(=O)O)C2CCCCC2)cc1)NO. The van der Waals surface area contributed by atoms with Crippen molar-refractivity contribution in [3.8, 4) is 0 Å². The Morgan fingerprint density at radius 1 is 1.17 bits per heavy atom. The van der Waals surface area contributed by atoms with Crippen LogP contribution in [0.2, 0.25) is 0 Å². The molecule has 1 aliphatic carbocycles. The summed E-state index contributed by atoms with van der Waals surface area (Å²) in [4.78, 5) is 22.5. The van der Waals surface area contributed by atoms with Gasteiger partial charge in [-0.15, -0.1) is 0 Å². The Morgan fingerprint density at radius 2 is 1.83 bits per heavy atom. The molecule has 4 N–H and O–H groups in total. The van der Waals surface area contributed by atoms with Crippen LogP contribution in [0.4, 0.5) is 0 Å². The van der Waals surface area contributed by atoms with Gasteiger partial charge in [-0.25, -0.2) is 5.48 Å². The van der Waals surface area contributed by atoms with E-state index in [1.807, 2.05) is 24.3 Å². The smallest absolute Gasteiger partial charge is 0.320 e. The number of carboxylic acid groups (broad SMARTS) is 1. The molecule has 0 aliphatic heterocycles. The maximum absolute atomic E-state index is 11.5. The molecule has 0 radical (unpaired) electrons. The molecule has 1 aromatic rings. The third-order valence-electron chi connectivity index (χ3n) is 4.43. The van der Waals surface area contributed by atoms with Gasteiger partial charge in [0, 0.05) is 12.6 Å². The summed E-state index contributed by atoms with van der Waals surface area (Å²) in [6, 6.07) is 6.97. The lowest BCUT2D eigenvalue weighted by Gasteiger charge is -2.28. The van der Waals surface area contributed by atoms with Gasteiger partial charge in [0.15, 0.2) is 0 Å². The number of hydrogen-bond donors (Lipinski definition) is 4. The molecule has 6 nitrogen and oxygen atoms in total. The van der Waals surface area contributed by atoms with Crippen LogP contribution in [0.15, 0.2) is 30.3 Å². The zero-order chi connectivity index (χ0) is 17.4. The van der Waals surface area contributed by atoms with Crippen LogP contribution in [-0.2, 0) is 16.1 Å². The summed E-state index contributed by atoms with van der Waals surface area (Å²) in [5.41, 5.74) is 3.34. The van der Waals surface area contributed by atoms with E-state index in [2.05, 4.69) is 5.32 Å². The van der Waals surface area contributed by atoms with E-state index in [0.29, 0.717) is 6.54 Å². The Balaban J connectivity index is 1.91. The van der Waals surface area contributed by atoms with E-state index >= 15 is 0 Å². The molecule has 1 aromatic carbocycles. The van der Waals surface area contributed by atoms with Crippen LogP contribution < -0.4 is 10.8 Å². The van der Waals surface area contributed by atoms with E-state index in [0.717, 1.165) is 36.8 Å². The second kappa shape index (κ2) is 9.20. The average molecular weight is 332 g/mol. The zero-order valence-electron chi connectivity index (χ0n) is 13.6. The van der Waals surface area contributed by atoms with E-state index < -0.39 is 17.9 Å². The van der Waals surface area contributed by atoms with Gasteiger partial charge >= 0.3 is 5.97 Å². The third-order valence-corrected chi connectivity index (χ3v) is 4.43. The van der Waals surface area contributed by atoms with Gasteiger partial charge in [-0.2, -0.15) is 0 Å². The Labute approximate surface area is 141 Å². The van der Waals surface area contributed by atoms with Gasteiger partial charge in [-0.1, -0.05) is 43.5 Å². The molecule has 6 heteroatoms. The van der Waals surface area contributed by atoms with E-state index in [1.165, 1.54) is 18.0 Å². The molecule has 1 fully saturated rings. The molecule has 0 unspecified atom stereocenters. The molecule has 0 spiro atoms. The van der Waals surface area contributed by atoms with Crippen molar-refractivity contribution in [1.29, 1.82) is 0 Å². The van der Waals surface area contributed by atoms with E-state index in [9.17, 15) is 14.7 Å². The molecule has 0 heterocycles. The van der Waals surface area contributed by atoms with Gasteiger partial charge in [-0.3, -0.25) is 14.8 Å². The number of benzene rings is 1. The van der Waals surface area contributed by atoms with Gasteiger partial charge in [0.05, 0.1) is 0 Å². The maximum Gasteiger partial charge on any atom is 0.320 e. The average Bonchev–Trinajstić information content (AvgIpc) is 2.61. The topological polar surface area (TPSA) is 98.7 Å². The molecule has 130 valence electrons. The molecule has 2 rings (SSSR count). The van der Waals surface area contributed by atoms with Crippen molar-refractivity contribution in [3.05, 3.63) is 41.5 Å². The van der Waals surface area contributed by atoms with Crippen LogP contribution in [0, 0.1) is 5.92 Å². The fourth-order valence-corrected chi connectivity index (χ4v) is 3.11. The number of aliphatic carboxylic acids is 1. The number of nitrogens with one attached hydrogen (secondary N) is 2. The largest absolute Gasteiger partial charge is 0.480 e. The summed E-state index contributed by atoms with van der Waals surface area (Å²) in [5.74, 6) is -1.16. The summed E-state index contributed by atoms with van der Waals surface area (Å²) >= 11 is 0. The molecule has 1 aliphatic rings. The minimum Gasteiger partial charge on any atom is -0.480 e. The first-order valence-corrected chi connectivity index (χ1v) is 8.27. The summed E-state index contributed by atoms with van der Waals surface area (Å²) in [7, 11) is 0. The molecule has 0 aromatic heterocycles. The summed E-state index contributed by atoms with van der Waals surface area (Å²) in [6.07, 6.45) is 8.19. The van der Waals surface area contributed by atoms with E-state index in [4.69, 9.17) is 5.21 Å². The zero-order valence-corrected chi connectivity index (χ0v) is 13.6. The van der Waals surface area contributed by atoms with Crippen LogP contribution in [0.25, 0.3) is 6.08 Å². The standard InChI is InChI=1S/C18H24N2O4/c21-16(20-24)11-10-13-6-8-14(9-7-13)12-19-17(18(22)23)15-4-2-1-3-5-15/h6-11,15,17,19,24H,1-5,12H2,(H,20,21)(H,22,23)/t17-/m0/s1. The summed E-state index contributed by atoms with van der Waals surface area (Å²) in [5, 5.41) is 21.1. The Morgan fingerprint density at radius 3 is 2.42 bits per heavy atom. The highest BCUT2D eigenvalue weighted by atomic mass is 16.5. The number of hydroxylamine groups is 1. The number of hydrogen-bond acceptors (Lipinski definition) is 4. The van der Waals surface area contributed by atoms with Gasteiger partial charge in [0.25, 0.3) is 5.91 Å².